The zero-order chi connectivity index (χ0) is 12.0. The van der Waals surface area contributed by atoms with E-state index < -0.39 is 0 Å². The van der Waals surface area contributed by atoms with Gasteiger partial charge < -0.3 is 10.6 Å². The van der Waals surface area contributed by atoms with Crippen molar-refractivity contribution in [1.82, 2.24) is 10.6 Å². The molecule has 3 heteroatoms. The third kappa shape index (κ3) is 4.12. The highest BCUT2D eigenvalue weighted by atomic mass is 16.1. The Morgan fingerprint density at radius 3 is 2.75 bits per heavy atom. The summed E-state index contributed by atoms with van der Waals surface area (Å²) < 4.78 is 0. The van der Waals surface area contributed by atoms with Gasteiger partial charge in [0.2, 0.25) is 5.91 Å². The summed E-state index contributed by atoms with van der Waals surface area (Å²) in [7, 11) is 0. The van der Waals surface area contributed by atoms with E-state index in [0.717, 1.165) is 25.3 Å². The van der Waals surface area contributed by atoms with Crippen LogP contribution in [0.3, 0.4) is 0 Å². The van der Waals surface area contributed by atoms with Crippen molar-refractivity contribution in [2.24, 2.45) is 11.8 Å². The molecule has 1 aliphatic carbocycles. The first-order valence-electron chi connectivity index (χ1n) is 6.65. The average molecular weight is 226 g/mol. The first-order chi connectivity index (χ1) is 7.65. The van der Waals surface area contributed by atoms with Crippen LogP contribution in [0.1, 0.15) is 46.5 Å². The molecule has 0 aromatic carbocycles. The van der Waals surface area contributed by atoms with Gasteiger partial charge in [0.15, 0.2) is 0 Å². The fourth-order valence-corrected chi connectivity index (χ4v) is 2.42. The molecule has 3 nitrogen and oxygen atoms in total. The molecule has 1 aliphatic rings. The lowest BCUT2D eigenvalue weighted by Crippen LogP contribution is -2.46. The van der Waals surface area contributed by atoms with E-state index >= 15 is 0 Å². The second kappa shape index (κ2) is 6.89. The van der Waals surface area contributed by atoms with Crippen LogP contribution >= 0.6 is 0 Å². The van der Waals surface area contributed by atoms with Gasteiger partial charge in [-0.1, -0.05) is 33.6 Å². The van der Waals surface area contributed by atoms with Crippen LogP contribution in [0.4, 0.5) is 0 Å². The van der Waals surface area contributed by atoms with Gasteiger partial charge in [-0.15, -0.1) is 0 Å². The van der Waals surface area contributed by atoms with Gasteiger partial charge in [0.05, 0.1) is 6.54 Å². The normalized spacial score (nSPS) is 30.1. The van der Waals surface area contributed by atoms with Crippen molar-refractivity contribution >= 4 is 5.91 Å². The lowest BCUT2D eigenvalue weighted by atomic mass is 9.78. The SMILES string of the molecule is CCCNCC(=O)NC1CCCC(C)C1C. The van der Waals surface area contributed by atoms with Crippen LogP contribution in [0.15, 0.2) is 0 Å². The fourth-order valence-electron chi connectivity index (χ4n) is 2.42. The van der Waals surface area contributed by atoms with Crippen molar-refractivity contribution in [3.8, 4) is 0 Å². The van der Waals surface area contributed by atoms with Gasteiger partial charge in [0, 0.05) is 6.04 Å². The molecule has 0 bridgehead atoms. The molecule has 1 rings (SSSR count). The second-order valence-electron chi connectivity index (χ2n) is 5.12. The Labute approximate surface area is 99.4 Å². The lowest BCUT2D eigenvalue weighted by molar-refractivity contribution is -0.121. The van der Waals surface area contributed by atoms with Crippen LogP contribution in [-0.4, -0.2) is 25.0 Å². The van der Waals surface area contributed by atoms with Gasteiger partial charge in [0.25, 0.3) is 0 Å². The first kappa shape index (κ1) is 13.5. The van der Waals surface area contributed by atoms with Crippen LogP contribution in [0.25, 0.3) is 0 Å². The van der Waals surface area contributed by atoms with Gasteiger partial charge >= 0.3 is 0 Å². The molecular formula is C13H26N2O. The number of hydrogen-bond acceptors (Lipinski definition) is 2. The topological polar surface area (TPSA) is 41.1 Å². The standard InChI is InChI=1S/C13H26N2O/c1-4-8-14-9-13(16)15-12-7-5-6-10(2)11(12)3/h10-12,14H,4-9H2,1-3H3,(H,15,16). The first-order valence-corrected chi connectivity index (χ1v) is 6.65. The number of carbonyl (C=O) groups excluding carboxylic acids is 1. The second-order valence-corrected chi connectivity index (χ2v) is 5.12. The maximum atomic E-state index is 11.7. The Bertz CT molecular complexity index is 218. The maximum Gasteiger partial charge on any atom is 0.234 e. The highest BCUT2D eigenvalue weighted by Gasteiger charge is 2.27. The number of carbonyl (C=O) groups is 1. The molecule has 0 spiro atoms. The molecule has 3 unspecified atom stereocenters. The maximum absolute atomic E-state index is 11.7. The van der Waals surface area contributed by atoms with Crippen molar-refractivity contribution in [2.75, 3.05) is 13.1 Å². The predicted octanol–water partition coefficient (Wildman–Crippen LogP) is 1.93. The van der Waals surface area contributed by atoms with E-state index in [0.29, 0.717) is 18.5 Å². The van der Waals surface area contributed by atoms with E-state index in [1.54, 1.807) is 0 Å². The largest absolute Gasteiger partial charge is 0.352 e. The minimum Gasteiger partial charge on any atom is -0.352 e. The Morgan fingerprint density at radius 1 is 1.31 bits per heavy atom. The Hall–Kier alpha value is -0.570. The highest BCUT2D eigenvalue weighted by molar-refractivity contribution is 5.78. The van der Waals surface area contributed by atoms with Gasteiger partial charge in [-0.3, -0.25) is 4.79 Å². The smallest absolute Gasteiger partial charge is 0.234 e. The lowest BCUT2D eigenvalue weighted by Gasteiger charge is -2.34. The van der Waals surface area contributed by atoms with Crippen molar-refractivity contribution in [3.63, 3.8) is 0 Å². The summed E-state index contributed by atoms with van der Waals surface area (Å²) in [6, 6.07) is 0.389. The Kier molecular flexibility index (Phi) is 5.81. The van der Waals surface area contributed by atoms with Crippen molar-refractivity contribution in [3.05, 3.63) is 0 Å². The summed E-state index contributed by atoms with van der Waals surface area (Å²) in [6.45, 7) is 8.04. The molecule has 2 N–H and O–H groups in total. The summed E-state index contributed by atoms with van der Waals surface area (Å²) in [6.07, 6.45) is 4.77. The predicted molar refractivity (Wildman–Crippen MR) is 67.3 cm³/mol. The summed E-state index contributed by atoms with van der Waals surface area (Å²) in [5.74, 6) is 1.51. The number of amides is 1. The van der Waals surface area contributed by atoms with Crippen LogP contribution in [0.2, 0.25) is 0 Å². The Balaban J connectivity index is 2.26. The van der Waals surface area contributed by atoms with E-state index in [4.69, 9.17) is 0 Å². The molecule has 0 saturated heterocycles. The molecule has 0 aliphatic heterocycles. The van der Waals surface area contributed by atoms with Crippen LogP contribution < -0.4 is 10.6 Å². The molecule has 0 aromatic heterocycles. The third-order valence-electron chi connectivity index (χ3n) is 3.77. The number of rotatable bonds is 5. The molecule has 0 heterocycles. The quantitative estimate of drug-likeness (QED) is 0.703. The highest BCUT2D eigenvalue weighted by Crippen LogP contribution is 2.29. The third-order valence-corrected chi connectivity index (χ3v) is 3.77. The monoisotopic (exact) mass is 226 g/mol. The fraction of sp³-hybridized carbons (Fsp3) is 0.923. The van der Waals surface area contributed by atoms with Gasteiger partial charge in [0.1, 0.15) is 0 Å². The Morgan fingerprint density at radius 2 is 2.06 bits per heavy atom. The zero-order valence-electron chi connectivity index (χ0n) is 10.9. The van der Waals surface area contributed by atoms with Gasteiger partial charge in [-0.25, -0.2) is 0 Å². The van der Waals surface area contributed by atoms with E-state index in [1.165, 1.54) is 12.8 Å². The zero-order valence-corrected chi connectivity index (χ0v) is 10.9. The molecule has 3 atom stereocenters. The summed E-state index contributed by atoms with van der Waals surface area (Å²) >= 11 is 0. The number of nitrogens with one attached hydrogen (secondary N) is 2. The summed E-state index contributed by atoms with van der Waals surface area (Å²) in [4.78, 5) is 11.7. The molecule has 94 valence electrons. The molecule has 1 fully saturated rings. The molecule has 0 aromatic rings. The van der Waals surface area contributed by atoms with Gasteiger partial charge in [-0.2, -0.15) is 0 Å². The molecule has 0 radical (unpaired) electrons. The number of hydrogen-bond donors (Lipinski definition) is 2. The van der Waals surface area contributed by atoms with E-state index in [9.17, 15) is 4.79 Å². The molecular weight excluding hydrogens is 200 g/mol. The van der Waals surface area contributed by atoms with E-state index in [1.807, 2.05) is 0 Å². The minimum absolute atomic E-state index is 0.152. The average Bonchev–Trinajstić information content (AvgIpc) is 2.25. The van der Waals surface area contributed by atoms with Crippen molar-refractivity contribution < 1.29 is 4.79 Å². The molecule has 16 heavy (non-hydrogen) atoms. The van der Waals surface area contributed by atoms with Gasteiger partial charge in [-0.05, 0) is 31.2 Å². The molecule has 1 amide bonds. The van der Waals surface area contributed by atoms with E-state index in [-0.39, 0.29) is 5.91 Å². The summed E-state index contributed by atoms with van der Waals surface area (Å²) in [5.41, 5.74) is 0. The molecule has 1 saturated carbocycles. The van der Waals surface area contributed by atoms with Crippen molar-refractivity contribution in [1.29, 1.82) is 0 Å². The van der Waals surface area contributed by atoms with Crippen LogP contribution in [-0.2, 0) is 4.79 Å². The summed E-state index contributed by atoms with van der Waals surface area (Å²) in [5, 5.41) is 6.29. The van der Waals surface area contributed by atoms with Crippen LogP contribution in [0, 0.1) is 11.8 Å². The minimum atomic E-state index is 0.152. The van der Waals surface area contributed by atoms with E-state index in [2.05, 4.69) is 31.4 Å². The van der Waals surface area contributed by atoms with Crippen molar-refractivity contribution in [2.45, 2.75) is 52.5 Å². The van der Waals surface area contributed by atoms with Crippen LogP contribution in [0.5, 0.6) is 0 Å².